The van der Waals surface area contributed by atoms with E-state index in [1.54, 1.807) is 30.3 Å². The molecule has 0 saturated carbocycles. The zero-order chi connectivity index (χ0) is 15.7. The minimum atomic E-state index is -0.450. The third kappa shape index (κ3) is 2.76. The summed E-state index contributed by atoms with van der Waals surface area (Å²) < 4.78 is 10.5. The fourth-order valence-corrected chi connectivity index (χ4v) is 2.22. The van der Waals surface area contributed by atoms with Gasteiger partial charge in [0.05, 0.1) is 5.56 Å². The first kappa shape index (κ1) is 14.1. The Bertz CT molecular complexity index is 905. The van der Waals surface area contributed by atoms with Crippen molar-refractivity contribution in [2.24, 2.45) is 0 Å². The molecule has 0 atom stereocenters. The zero-order valence-electron chi connectivity index (χ0n) is 12.3. The lowest BCUT2D eigenvalue weighted by atomic mass is 10.1. The van der Waals surface area contributed by atoms with Crippen molar-refractivity contribution in [2.45, 2.75) is 13.8 Å². The number of hydrogen-bond donors (Lipinski definition) is 0. The summed E-state index contributed by atoms with van der Waals surface area (Å²) in [6.45, 7) is 3.78. The summed E-state index contributed by atoms with van der Waals surface area (Å²) >= 11 is 0. The Kier molecular flexibility index (Phi) is 3.51. The summed E-state index contributed by atoms with van der Waals surface area (Å²) in [4.78, 5) is 23.5. The van der Waals surface area contributed by atoms with Gasteiger partial charge in [-0.2, -0.15) is 0 Å². The minimum Gasteiger partial charge on any atom is -0.423 e. The number of fused-ring (bicyclic) bond motifs is 1. The average Bonchev–Trinajstić information content (AvgIpc) is 2.47. The summed E-state index contributed by atoms with van der Waals surface area (Å²) in [5.74, 6) is -0.110. The minimum absolute atomic E-state index is 0.340. The van der Waals surface area contributed by atoms with Crippen LogP contribution < -0.4 is 10.4 Å². The number of carbonyl (C=O) groups is 1. The number of benzene rings is 2. The van der Waals surface area contributed by atoms with E-state index in [2.05, 4.69) is 0 Å². The van der Waals surface area contributed by atoms with Crippen LogP contribution in [-0.4, -0.2) is 5.97 Å². The molecule has 0 spiro atoms. The molecule has 0 amide bonds. The van der Waals surface area contributed by atoms with Crippen LogP contribution in [0.3, 0.4) is 0 Å². The number of esters is 1. The predicted octanol–water partition coefficient (Wildman–Crippen LogP) is 3.63. The van der Waals surface area contributed by atoms with Gasteiger partial charge in [0.15, 0.2) is 0 Å². The Morgan fingerprint density at radius 3 is 2.45 bits per heavy atom. The zero-order valence-corrected chi connectivity index (χ0v) is 12.3. The molecular weight excluding hydrogens is 280 g/mol. The molecule has 0 bridgehead atoms. The molecule has 0 unspecified atom stereocenters. The fourth-order valence-electron chi connectivity index (χ4n) is 2.22. The van der Waals surface area contributed by atoms with E-state index in [-0.39, 0.29) is 0 Å². The van der Waals surface area contributed by atoms with Crippen molar-refractivity contribution in [2.75, 3.05) is 0 Å². The highest BCUT2D eigenvalue weighted by Crippen LogP contribution is 2.23. The lowest BCUT2D eigenvalue weighted by molar-refractivity contribution is 0.0735. The molecular formula is C18H14O4. The molecule has 0 radical (unpaired) electrons. The van der Waals surface area contributed by atoms with Gasteiger partial charge in [0.25, 0.3) is 0 Å². The Hall–Kier alpha value is -2.88. The van der Waals surface area contributed by atoms with Crippen LogP contribution in [0.5, 0.6) is 5.75 Å². The largest absolute Gasteiger partial charge is 0.423 e. The maximum atomic E-state index is 12.1. The number of rotatable bonds is 2. The van der Waals surface area contributed by atoms with E-state index in [0.29, 0.717) is 16.9 Å². The van der Waals surface area contributed by atoms with Crippen LogP contribution in [0.2, 0.25) is 0 Å². The highest BCUT2D eigenvalue weighted by Gasteiger charge is 2.10. The first-order valence-corrected chi connectivity index (χ1v) is 6.86. The van der Waals surface area contributed by atoms with Crippen molar-refractivity contribution in [3.63, 3.8) is 0 Å². The van der Waals surface area contributed by atoms with Crippen molar-refractivity contribution >= 4 is 16.9 Å². The number of aryl methyl sites for hydroxylation is 2. The van der Waals surface area contributed by atoms with Gasteiger partial charge in [-0.25, -0.2) is 9.59 Å². The summed E-state index contributed by atoms with van der Waals surface area (Å²) in [6, 6.07) is 13.5. The molecule has 4 heteroatoms. The number of hydrogen-bond acceptors (Lipinski definition) is 4. The van der Waals surface area contributed by atoms with Gasteiger partial charge in [-0.1, -0.05) is 17.7 Å². The van der Waals surface area contributed by atoms with Crippen molar-refractivity contribution in [1.29, 1.82) is 0 Å². The quantitative estimate of drug-likeness (QED) is 0.411. The van der Waals surface area contributed by atoms with Crippen LogP contribution in [0.15, 0.2) is 57.7 Å². The highest BCUT2D eigenvalue weighted by atomic mass is 16.5. The standard InChI is InChI=1S/C18H14O4/c1-11-3-5-13(6-4-11)18(20)21-14-7-8-15-12(2)9-17(19)22-16(15)10-14/h3-10H,1-2H3. The Labute approximate surface area is 127 Å². The summed E-state index contributed by atoms with van der Waals surface area (Å²) in [5.41, 5.74) is 2.34. The van der Waals surface area contributed by atoms with Gasteiger partial charge in [0.2, 0.25) is 0 Å². The maximum Gasteiger partial charge on any atom is 0.343 e. The van der Waals surface area contributed by atoms with Crippen LogP contribution in [0, 0.1) is 13.8 Å². The van der Waals surface area contributed by atoms with Crippen molar-refractivity contribution < 1.29 is 13.9 Å². The molecule has 2 aromatic carbocycles. The Morgan fingerprint density at radius 1 is 1.00 bits per heavy atom. The molecule has 1 aromatic heterocycles. The second kappa shape index (κ2) is 5.48. The maximum absolute atomic E-state index is 12.1. The molecule has 0 aliphatic rings. The molecule has 0 aliphatic carbocycles. The Morgan fingerprint density at radius 2 is 1.73 bits per heavy atom. The van der Waals surface area contributed by atoms with Gasteiger partial charge in [-0.15, -0.1) is 0 Å². The van der Waals surface area contributed by atoms with Gasteiger partial charge in [-0.3, -0.25) is 0 Å². The topological polar surface area (TPSA) is 56.5 Å². The van der Waals surface area contributed by atoms with Crippen LogP contribution in [-0.2, 0) is 0 Å². The van der Waals surface area contributed by atoms with Gasteiger partial charge < -0.3 is 9.15 Å². The van der Waals surface area contributed by atoms with E-state index < -0.39 is 11.6 Å². The van der Waals surface area contributed by atoms with Gasteiger partial charge >= 0.3 is 11.6 Å². The molecule has 110 valence electrons. The van der Waals surface area contributed by atoms with E-state index in [0.717, 1.165) is 16.5 Å². The monoisotopic (exact) mass is 294 g/mol. The molecule has 0 saturated heterocycles. The van der Waals surface area contributed by atoms with Crippen LogP contribution in [0.1, 0.15) is 21.5 Å². The number of ether oxygens (including phenoxy) is 1. The summed E-state index contributed by atoms with van der Waals surface area (Å²) in [5, 5.41) is 0.815. The SMILES string of the molecule is Cc1ccc(C(=O)Oc2ccc3c(C)cc(=O)oc3c2)cc1. The van der Waals surface area contributed by atoms with E-state index in [1.807, 2.05) is 26.0 Å². The third-order valence-electron chi connectivity index (χ3n) is 3.42. The molecule has 0 aliphatic heterocycles. The van der Waals surface area contributed by atoms with Gasteiger partial charge in [-0.05, 0) is 43.7 Å². The first-order chi connectivity index (χ1) is 10.5. The molecule has 3 rings (SSSR count). The van der Waals surface area contributed by atoms with Crippen molar-refractivity contribution in [3.05, 3.63) is 75.6 Å². The fraction of sp³-hybridized carbons (Fsp3) is 0.111. The smallest absolute Gasteiger partial charge is 0.343 e. The van der Waals surface area contributed by atoms with Gasteiger partial charge in [0, 0.05) is 17.5 Å². The molecule has 0 N–H and O–H groups in total. The molecule has 4 nitrogen and oxygen atoms in total. The Balaban J connectivity index is 1.92. The second-order valence-electron chi connectivity index (χ2n) is 5.16. The third-order valence-corrected chi connectivity index (χ3v) is 3.42. The lowest BCUT2D eigenvalue weighted by Gasteiger charge is -2.06. The van der Waals surface area contributed by atoms with Crippen LogP contribution in [0.25, 0.3) is 11.0 Å². The average molecular weight is 294 g/mol. The van der Waals surface area contributed by atoms with E-state index in [9.17, 15) is 9.59 Å². The van der Waals surface area contributed by atoms with E-state index in [1.165, 1.54) is 6.07 Å². The first-order valence-electron chi connectivity index (χ1n) is 6.86. The predicted molar refractivity (Wildman–Crippen MR) is 83.4 cm³/mol. The normalized spacial score (nSPS) is 10.6. The molecule has 22 heavy (non-hydrogen) atoms. The second-order valence-corrected chi connectivity index (χ2v) is 5.16. The van der Waals surface area contributed by atoms with E-state index in [4.69, 9.17) is 9.15 Å². The van der Waals surface area contributed by atoms with Crippen LogP contribution in [0.4, 0.5) is 0 Å². The van der Waals surface area contributed by atoms with E-state index >= 15 is 0 Å². The molecule has 1 heterocycles. The van der Waals surface area contributed by atoms with Gasteiger partial charge in [0.1, 0.15) is 11.3 Å². The number of carbonyl (C=O) groups excluding carboxylic acids is 1. The molecule has 3 aromatic rings. The summed E-state index contributed by atoms with van der Waals surface area (Å²) in [7, 11) is 0. The highest BCUT2D eigenvalue weighted by molar-refractivity contribution is 5.91. The van der Waals surface area contributed by atoms with Crippen molar-refractivity contribution in [3.8, 4) is 5.75 Å². The summed E-state index contributed by atoms with van der Waals surface area (Å²) in [6.07, 6.45) is 0. The van der Waals surface area contributed by atoms with Crippen molar-refractivity contribution in [1.82, 2.24) is 0 Å². The van der Waals surface area contributed by atoms with Crippen LogP contribution >= 0.6 is 0 Å². The molecule has 0 fully saturated rings. The lowest BCUT2D eigenvalue weighted by Crippen LogP contribution is -2.08.